The average molecular weight is 474 g/mol. The third-order valence-corrected chi connectivity index (χ3v) is 8.97. The Hall–Kier alpha value is -3.43. The van der Waals surface area contributed by atoms with Crippen LogP contribution in [-0.2, 0) is 6.42 Å². The summed E-state index contributed by atoms with van der Waals surface area (Å²) < 4.78 is 6.48. The van der Waals surface area contributed by atoms with Crippen LogP contribution in [0.2, 0.25) is 19.6 Å². The number of nitrogens with zero attached hydrogens (tertiary/aromatic N) is 1. The summed E-state index contributed by atoms with van der Waals surface area (Å²) in [6.07, 6.45) is 1.03. The quantitative estimate of drug-likeness (QED) is 0.189. The van der Waals surface area contributed by atoms with Gasteiger partial charge in [-0.1, -0.05) is 82.0 Å². The van der Waals surface area contributed by atoms with Gasteiger partial charge in [0.05, 0.1) is 19.3 Å². The lowest BCUT2D eigenvalue weighted by molar-refractivity contribution is 0.646. The van der Waals surface area contributed by atoms with Crippen LogP contribution in [0.4, 0.5) is 0 Å². The van der Waals surface area contributed by atoms with Crippen LogP contribution in [0.5, 0.6) is 0 Å². The summed E-state index contributed by atoms with van der Waals surface area (Å²) >= 11 is 0. The number of furan rings is 1. The first kappa shape index (κ1) is 22.1. The predicted molar refractivity (Wildman–Crippen MR) is 153 cm³/mol. The van der Waals surface area contributed by atoms with E-state index in [4.69, 9.17) is 9.40 Å². The van der Waals surface area contributed by atoms with Crippen molar-refractivity contribution in [3.05, 3.63) is 84.4 Å². The zero-order valence-electron chi connectivity index (χ0n) is 21.1. The molecule has 0 aliphatic carbocycles. The molecule has 2 nitrogen and oxygen atoms in total. The topological polar surface area (TPSA) is 26.0 Å². The van der Waals surface area contributed by atoms with Crippen LogP contribution in [0.1, 0.15) is 19.4 Å². The monoisotopic (exact) mass is 473 g/mol. The van der Waals surface area contributed by atoms with Crippen molar-refractivity contribution in [1.29, 1.82) is 0 Å². The van der Waals surface area contributed by atoms with Gasteiger partial charge in [-0.2, -0.15) is 0 Å². The highest BCUT2D eigenvalue weighted by Crippen LogP contribution is 2.38. The molecule has 0 aliphatic rings. The largest absolute Gasteiger partial charge is 0.455 e. The molecule has 0 atom stereocenters. The van der Waals surface area contributed by atoms with Gasteiger partial charge in [0.2, 0.25) is 0 Å². The number of pyridine rings is 1. The van der Waals surface area contributed by atoms with E-state index in [0.717, 1.165) is 34.4 Å². The zero-order chi connectivity index (χ0) is 24.3. The van der Waals surface area contributed by atoms with Gasteiger partial charge < -0.3 is 4.42 Å². The number of benzene rings is 4. The fraction of sp³-hybridized carbons (Fsp3) is 0.219. The molecule has 6 rings (SSSR count). The Morgan fingerprint density at radius 1 is 0.800 bits per heavy atom. The van der Waals surface area contributed by atoms with Crippen LogP contribution < -0.4 is 5.19 Å². The summed E-state index contributed by atoms with van der Waals surface area (Å²) in [6, 6.07) is 28.4. The van der Waals surface area contributed by atoms with E-state index in [1.165, 1.54) is 37.7 Å². The molecule has 4 aromatic carbocycles. The predicted octanol–water partition coefficient (Wildman–Crippen LogP) is 8.70. The number of rotatable bonds is 4. The summed E-state index contributed by atoms with van der Waals surface area (Å²) in [7, 11) is -1.69. The lowest BCUT2D eigenvalue weighted by Gasteiger charge is -2.22. The summed E-state index contributed by atoms with van der Waals surface area (Å²) in [5.41, 5.74) is 6.39. The maximum atomic E-state index is 6.48. The van der Waals surface area contributed by atoms with Crippen molar-refractivity contribution < 1.29 is 4.42 Å². The Labute approximate surface area is 207 Å². The first-order valence-corrected chi connectivity index (χ1v) is 16.1. The molecule has 0 N–H and O–H groups in total. The summed E-state index contributed by atoms with van der Waals surface area (Å²) in [5.74, 6) is 0.576. The molecule has 0 unspecified atom stereocenters. The number of hydrogen-bond acceptors (Lipinski definition) is 2. The fourth-order valence-corrected chi connectivity index (χ4v) is 6.99. The van der Waals surface area contributed by atoms with Gasteiger partial charge in [0, 0.05) is 21.7 Å². The van der Waals surface area contributed by atoms with E-state index in [1.54, 1.807) is 0 Å². The van der Waals surface area contributed by atoms with Gasteiger partial charge in [0.25, 0.3) is 0 Å². The molecule has 0 radical (unpaired) electrons. The highest BCUT2D eigenvalue weighted by molar-refractivity contribution is 6.90. The second kappa shape index (κ2) is 8.06. The molecule has 0 saturated carbocycles. The first-order valence-electron chi connectivity index (χ1n) is 12.6. The Bertz CT molecular complexity index is 1740. The fourth-order valence-electron chi connectivity index (χ4n) is 5.40. The average Bonchev–Trinajstić information content (AvgIpc) is 3.20. The van der Waals surface area contributed by atoms with Crippen molar-refractivity contribution in [3.8, 4) is 11.3 Å². The first-order chi connectivity index (χ1) is 16.8. The highest BCUT2D eigenvalue weighted by atomic mass is 28.3. The van der Waals surface area contributed by atoms with Gasteiger partial charge in [0.15, 0.2) is 0 Å². The summed E-state index contributed by atoms with van der Waals surface area (Å²) in [5, 5.41) is 7.69. The molecule has 0 saturated heterocycles. The Morgan fingerprint density at radius 3 is 2.31 bits per heavy atom. The third-order valence-electron chi connectivity index (χ3n) is 6.96. The van der Waals surface area contributed by atoms with E-state index >= 15 is 0 Å². The van der Waals surface area contributed by atoms with Gasteiger partial charge in [0.1, 0.15) is 11.2 Å². The zero-order valence-corrected chi connectivity index (χ0v) is 22.1. The van der Waals surface area contributed by atoms with Gasteiger partial charge in [-0.3, -0.25) is 0 Å². The van der Waals surface area contributed by atoms with Crippen molar-refractivity contribution in [1.82, 2.24) is 4.98 Å². The molecule has 2 heterocycles. The van der Waals surface area contributed by atoms with Gasteiger partial charge >= 0.3 is 0 Å². The number of aromatic nitrogens is 1. The van der Waals surface area contributed by atoms with E-state index in [-0.39, 0.29) is 0 Å². The number of para-hydroxylation sites is 1. The molecule has 2 aromatic heterocycles. The van der Waals surface area contributed by atoms with E-state index in [2.05, 4.69) is 106 Å². The van der Waals surface area contributed by atoms with Crippen molar-refractivity contribution in [3.63, 3.8) is 0 Å². The van der Waals surface area contributed by atoms with Crippen molar-refractivity contribution in [2.75, 3.05) is 0 Å². The Morgan fingerprint density at radius 2 is 1.54 bits per heavy atom. The van der Waals surface area contributed by atoms with Gasteiger partial charge in [-0.05, 0) is 64.2 Å². The number of fused-ring (bicyclic) bond motifs is 6. The molecule has 3 heteroatoms. The standard InChI is InChI=1S/C32H31NOSi/c1-20(2)16-21-17-25-24-12-8-9-13-29(24)34-32(25)26(18-21)28-19-30(35(3,4)5)31-23-11-7-6-10-22(23)14-15-27(31)33-28/h6-15,17-20H,16H2,1-5H3. The van der Waals surface area contributed by atoms with E-state index in [1.807, 2.05) is 6.07 Å². The molecule has 0 amide bonds. The van der Waals surface area contributed by atoms with Crippen LogP contribution in [-0.4, -0.2) is 13.1 Å². The van der Waals surface area contributed by atoms with Crippen LogP contribution in [0.15, 0.2) is 83.3 Å². The second-order valence-corrected chi connectivity index (χ2v) is 16.2. The van der Waals surface area contributed by atoms with Crippen molar-refractivity contribution >= 4 is 56.9 Å². The maximum absolute atomic E-state index is 6.48. The minimum atomic E-state index is -1.69. The Balaban J connectivity index is 1.72. The molecule has 0 spiro atoms. The van der Waals surface area contributed by atoms with Crippen molar-refractivity contribution in [2.45, 2.75) is 39.9 Å². The molecule has 0 bridgehead atoms. The molecule has 6 aromatic rings. The molecule has 174 valence electrons. The van der Waals surface area contributed by atoms with Crippen molar-refractivity contribution in [2.24, 2.45) is 5.92 Å². The lowest BCUT2D eigenvalue weighted by atomic mass is 9.96. The Kier molecular flexibility index (Phi) is 5.08. The molecular formula is C32H31NOSi. The lowest BCUT2D eigenvalue weighted by Crippen LogP contribution is -2.38. The van der Waals surface area contributed by atoms with Crippen LogP contribution in [0.3, 0.4) is 0 Å². The van der Waals surface area contributed by atoms with E-state index < -0.39 is 8.07 Å². The summed E-state index contributed by atoms with van der Waals surface area (Å²) in [6.45, 7) is 11.8. The van der Waals surface area contributed by atoms with Crippen LogP contribution >= 0.6 is 0 Å². The molecule has 0 fully saturated rings. The minimum absolute atomic E-state index is 0.576. The highest BCUT2D eigenvalue weighted by Gasteiger charge is 2.24. The number of hydrogen-bond donors (Lipinski definition) is 0. The van der Waals surface area contributed by atoms with Crippen LogP contribution in [0.25, 0.3) is 54.9 Å². The van der Waals surface area contributed by atoms with E-state index in [0.29, 0.717) is 5.92 Å². The van der Waals surface area contributed by atoms with Crippen LogP contribution in [0, 0.1) is 5.92 Å². The third kappa shape index (κ3) is 3.75. The second-order valence-electron chi connectivity index (χ2n) is 11.2. The maximum Gasteiger partial charge on any atom is 0.144 e. The summed E-state index contributed by atoms with van der Waals surface area (Å²) in [4.78, 5) is 5.27. The normalized spacial score (nSPS) is 12.5. The van der Waals surface area contributed by atoms with Gasteiger partial charge in [-0.15, -0.1) is 0 Å². The van der Waals surface area contributed by atoms with Gasteiger partial charge in [-0.25, -0.2) is 4.98 Å². The SMILES string of the molecule is CC(C)Cc1cc(-c2cc([Si](C)(C)C)c3c(ccc4ccccc43)n2)c2oc3ccccc3c2c1. The smallest absolute Gasteiger partial charge is 0.144 e. The molecule has 0 aliphatic heterocycles. The minimum Gasteiger partial charge on any atom is -0.455 e. The molecular weight excluding hydrogens is 442 g/mol. The molecule has 35 heavy (non-hydrogen) atoms. The van der Waals surface area contributed by atoms with E-state index in [9.17, 15) is 0 Å².